The molecule has 1 atom stereocenters. The summed E-state index contributed by atoms with van der Waals surface area (Å²) in [5.41, 5.74) is 1.88. The molecule has 138 valence electrons. The molecule has 0 saturated carbocycles. The molecule has 26 heavy (non-hydrogen) atoms. The Morgan fingerprint density at radius 1 is 1.08 bits per heavy atom. The first-order valence-electron chi connectivity index (χ1n) is 8.69. The number of carbonyl (C=O) groups is 2. The topological polar surface area (TPSA) is 55.8 Å². The highest BCUT2D eigenvalue weighted by atomic mass is 16.5. The van der Waals surface area contributed by atoms with Crippen LogP contribution >= 0.6 is 0 Å². The lowest BCUT2D eigenvalue weighted by Crippen LogP contribution is -2.37. The number of amides is 1. The minimum absolute atomic E-state index is 0.207. The first-order valence-corrected chi connectivity index (χ1v) is 8.69. The number of esters is 1. The third kappa shape index (κ3) is 5.92. The van der Waals surface area contributed by atoms with Crippen LogP contribution in [0.4, 0.5) is 5.69 Å². The normalized spacial score (nSPS) is 11.5. The standard InChI is InChI=1S/C21H25NO4/c1-16-9-7-12-19(15-16)25-14-8-13-20(23)26-17(2)21(24)22(3)18-10-5-4-6-11-18/h4-7,9-12,15,17H,8,13-14H2,1-3H3. The number of benzene rings is 2. The summed E-state index contributed by atoms with van der Waals surface area (Å²) in [6.45, 7) is 4.00. The molecule has 2 aromatic rings. The van der Waals surface area contributed by atoms with Gasteiger partial charge in [-0.2, -0.15) is 0 Å². The summed E-state index contributed by atoms with van der Waals surface area (Å²) < 4.78 is 10.8. The molecular formula is C21H25NO4. The number of nitrogens with zero attached hydrogens (tertiary/aromatic N) is 1. The van der Waals surface area contributed by atoms with Crippen LogP contribution in [0, 0.1) is 6.92 Å². The van der Waals surface area contributed by atoms with E-state index in [1.807, 2.05) is 61.5 Å². The Labute approximate surface area is 154 Å². The Kier molecular flexibility index (Phi) is 7.21. The Balaban J connectivity index is 1.72. The van der Waals surface area contributed by atoms with E-state index in [-0.39, 0.29) is 12.3 Å². The summed E-state index contributed by atoms with van der Waals surface area (Å²) in [4.78, 5) is 25.8. The van der Waals surface area contributed by atoms with Gasteiger partial charge in [-0.15, -0.1) is 0 Å². The number of rotatable bonds is 8. The van der Waals surface area contributed by atoms with Gasteiger partial charge < -0.3 is 14.4 Å². The highest BCUT2D eigenvalue weighted by Crippen LogP contribution is 2.14. The van der Waals surface area contributed by atoms with E-state index in [0.29, 0.717) is 13.0 Å². The van der Waals surface area contributed by atoms with E-state index < -0.39 is 12.1 Å². The van der Waals surface area contributed by atoms with Crippen LogP contribution in [-0.4, -0.2) is 31.6 Å². The zero-order chi connectivity index (χ0) is 18.9. The number of ether oxygens (including phenoxy) is 2. The molecule has 0 fully saturated rings. The molecule has 5 nitrogen and oxygen atoms in total. The fourth-order valence-corrected chi connectivity index (χ4v) is 2.47. The minimum Gasteiger partial charge on any atom is -0.494 e. The molecule has 0 aliphatic rings. The summed E-state index contributed by atoms with van der Waals surface area (Å²) in [6.07, 6.45) is -0.0915. The maximum Gasteiger partial charge on any atom is 0.306 e. The fourth-order valence-electron chi connectivity index (χ4n) is 2.47. The number of likely N-dealkylation sites (N-methyl/N-ethyl adjacent to an activating group) is 1. The van der Waals surface area contributed by atoms with Crippen molar-refractivity contribution >= 4 is 17.6 Å². The van der Waals surface area contributed by atoms with Crippen molar-refractivity contribution in [2.75, 3.05) is 18.6 Å². The molecule has 0 heterocycles. The summed E-state index contributed by atoms with van der Waals surface area (Å²) >= 11 is 0. The van der Waals surface area contributed by atoms with Gasteiger partial charge in [0.15, 0.2) is 6.10 Å². The van der Waals surface area contributed by atoms with Crippen molar-refractivity contribution in [1.82, 2.24) is 0 Å². The van der Waals surface area contributed by atoms with Gasteiger partial charge >= 0.3 is 5.97 Å². The summed E-state index contributed by atoms with van der Waals surface area (Å²) in [6, 6.07) is 17.0. The van der Waals surface area contributed by atoms with Gasteiger partial charge in [0.05, 0.1) is 6.61 Å². The van der Waals surface area contributed by atoms with Crippen LogP contribution in [0.3, 0.4) is 0 Å². The average molecular weight is 355 g/mol. The number of anilines is 1. The second kappa shape index (κ2) is 9.61. The Hall–Kier alpha value is -2.82. The van der Waals surface area contributed by atoms with Crippen molar-refractivity contribution in [1.29, 1.82) is 0 Å². The monoisotopic (exact) mass is 355 g/mol. The number of hydrogen-bond acceptors (Lipinski definition) is 4. The summed E-state index contributed by atoms with van der Waals surface area (Å²) in [5.74, 6) is 0.118. The zero-order valence-corrected chi connectivity index (χ0v) is 15.5. The molecule has 1 amide bonds. The molecule has 2 rings (SSSR count). The quantitative estimate of drug-likeness (QED) is 0.535. The Morgan fingerprint density at radius 3 is 2.50 bits per heavy atom. The second-order valence-electron chi connectivity index (χ2n) is 6.13. The third-order valence-corrected chi connectivity index (χ3v) is 3.91. The molecule has 5 heteroatoms. The predicted molar refractivity (Wildman–Crippen MR) is 101 cm³/mol. The van der Waals surface area contributed by atoms with Crippen LogP contribution in [0.5, 0.6) is 5.75 Å². The Morgan fingerprint density at radius 2 is 1.81 bits per heavy atom. The van der Waals surface area contributed by atoms with Gasteiger partial charge in [-0.25, -0.2) is 0 Å². The largest absolute Gasteiger partial charge is 0.494 e. The van der Waals surface area contributed by atoms with Crippen molar-refractivity contribution in [2.24, 2.45) is 0 Å². The van der Waals surface area contributed by atoms with Crippen LogP contribution in [0.15, 0.2) is 54.6 Å². The van der Waals surface area contributed by atoms with Gasteiger partial charge in [0.2, 0.25) is 0 Å². The molecule has 1 unspecified atom stereocenters. The average Bonchev–Trinajstić information content (AvgIpc) is 2.64. The molecular weight excluding hydrogens is 330 g/mol. The van der Waals surface area contributed by atoms with Gasteiger partial charge in [0, 0.05) is 19.2 Å². The third-order valence-electron chi connectivity index (χ3n) is 3.91. The van der Waals surface area contributed by atoms with E-state index in [2.05, 4.69) is 0 Å². The smallest absolute Gasteiger partial charge is 0.306 e. The van der Waals surface area contributed by atoms with Crippen molar-refractivity contribution in [2.45, 2.75) is 32.8 Å². The zero-order valence-electron chi connectivity index (χ0n) is 15.5. The number of para-hydroxylation sites is 1. The van der Waals surface area contributed by atoms with Gasteiger partial charge in [0.1, 0.15) is 5.75 Å². The van der Waals surface area contributed by atoms with E-state index in [0.717, 1.165) is 17.0 Å². The van der Waals surface area contributed by atoms with Crippen LogP contribution in [0.25, 0.3) is 0 Å². The summed E-state index contributed by atoms with van der Waals surface area (Å²) in [7, 11) is 1.66. The van der Waals surface area contributed by atoms with Crippen LogP contribution < -0.4 is 9.64 Å². The molecule has 0 radical (unpaired) electrons. The van der Waals surface area contributed by atoms with Crippen molar-refractivity contribution in [3.05, 3.63) is 60.2 Å². The first kappa shape index (κ1) is 19.5. The lowest BCUT2D eigenvalue weighted by Gasteiger charge is -2.21. The highest BCUT2D eigenvalue weighted by molar-refractivity contribution is 5.96. The molecule has 0 saturated heterocycles. The molecule has 2 aromatic carbocycles. The van der Waals surface area contributed by atoms with Gasteiger partial charge in [-0.05, 0) is 50.1 Å². The van der Waals surface area contributed by atoms with Crippen LogP contribution in [0.1, 0.15) is 25.3 Å². The SMILES string of the molecule is Cc1cccc(OCCCC(=O)OC(C)C(=O)N(C)c2ccccc2)c1. The van der Waals surface area contributed by atoms with Gasteiger partial charge in [-0.1, -0.05) is 30.3 Å². The molecule has 0 aliphatic heterocycles. The van der Waals surface area contributed by atoms with Crippen LogP contribution in [0.2, 0.25) is 0 Å². The number of aryl methyl sites for hydroxylation is 1. The molecule has 0 aliphatic carbocycles. The highest BCUT2D eigenvalue weighted by Gasteiger charge is 2.22. The van der Waals surface area contributed by atoms with Crippen molar-refractivity contribution in [3.63, 3.8) is 0 Å². The number of hydrogen-bond donors (Lipinski definition) is 0. The lowest BCUT2D eigenvalue weighted by atomic mass is 10.2. The van der Waals surface area contributed by atoms with Crippen molar-refractivity contribution < 1.29 is 19.1 Å². The second-order valence-corrected chi connectivity index (χ2v) is 6.13. The molecule has 0 spiro atoms. The molecule has 0 N–H and O–H groups in total. The van der Waals surface area contributed by atoms with Gasteiger partial charge in [0.25, 0.3) is 5.91 Å². The van der Waals surface area contributed by atoms with E-state index in [1.165, 1.54) is 4.90 Å². The summed E-state index contributed by atoms with van der Waals surface area (Å²) in [5, 5.41) is 0. The Bertz CT molecular complexity index is 730. The van der Waals surface area contributed by atoms with Gasteiger partial charge in [-0.3, -0.25) is 9.59 Å². The molecule has 0 aromatic heterocycles. The van der Waals surface area contributed by atoms with E-state index in [9.17, 15) is 9.59 Å². The van der Waals surface area contributed by atoms with Crippen LogP contribution in [-0.2, 0) is 14.3 Å². The van der Waals surface area contributed by atoms with E-state index in [1.54, 1.807) is 14.0 Å². The van der Waals surface area contributed by atoms with E-state index in [4.69, 9.17) is 9.47 Å². The maximum absolute atomic E-state index is 12.3. The first-order chi connectivity index (χ1) is 12.5. The predicted octanol–water partition coefficient (Wildman–Crippen LogP) is 3.75. The van der Waals surface area contributed by atoms with Crippen molar-refractivity contribution in [3.8, 4) is 5.75 Å². The minimum atomic E-state index is -0.828. The fraction of sp³-hybridized carbons (Fsp3) is 0.333. The maximum atomic E-state index is 12.3. The number of carbonyl (C=O) groups excluding carboxylic acids is 2. The molecule has 0 bridgehead atoms. The lowest BCUT2D eigenvalue weighted by molar-refractivity contribution is -0.154. The van der Waals surface area contributed by atoms with E-state index >= 15 is 0 Å².